The standard InChI is InChI=1S/C16H25N5O3/c1-19-15(22)10-13(11-18-19)21-8-9-24-14(12-21)4-5-17-16(23)20-6-2-3-7-20/h10-11,14H,2-9,12H2,1H3,(H,17,23). The Kier molecular flexibility index (Phi) is 5.34. The number of morpholine rings is 1. The fraction of sp³-hybridized carbons (Fsp3) is 0.688. The first kappa shape index (κ1) is 16.8. The quantitative estimate of drug-likeness (QED) is 0.849. The summed E-state index contributed by atoms with van der Waals surface area (Å²) in [6, 6.07) is 1.63. The number of likely N-dealkylation sites (tertiary alicyclic amines) is 1. The van der Waals surface area contributed by atoms with Crippen molar-refractivity contribution in [2.24, 2.45) is 7.05 Å². The van der Waals surface area contributed by atoms with Crippen LogP contribution in [0.25, 0.3) is 0 Å². The van der Waals surface area contributed by atoms with Crippen LogP contribution in [0.2, 0.25) is 0 Å². The molecule has 8 nitrogen and oxygen atoms in total. The van der Waals surface area contributed by atoms with Crippen molar-refractivity contribution in [3.63, 3.8) is 0 Å². The predicted molar refractivity (Wildman–Crippen MR) is 90.3 cm³/mol. The number of urea groups is 1. The maximum absolute atomic E-state index is 12.0. The van der Waals surface area contributed by atoms with E-state index in [1.165, 1.54) is 4.68 Å². The Bertz CT molecular complexity index is 626. The minimum Gasteiger partial charge on any atom is -0.374 e. The summed E-state index contributed by atoms with van der Waals surface area (Å²) in [4.78, 5) is 27.7. The first-order chi connectivity index (χ1) is 11.6. The lowest BCUT2D eigenvalue weighted by Gasteiger charge is -2.34. The first-order valence-electron chi connectivity index (χ1n) is 8.56. The molecule has 0 saturated carbocycles. The molecule has 132 valence electrons. The number of hydrogen-bond donors (Lipinski definition) is 1. The Hall–Kier alpha value is -2.09. The van der Waals surface area contributed by atoms with E-state index in [0.29, 0.717) is 19.7 Å². The van der Waals surface area contributed by atoms with Crippen LogP contribution in [0, 0.1) is 0 Å². The smallest absolute Gasteiger partial charge is 0.317 e. The van der Waals surface area contributed by atoms with E-state index in [4.69, 9.17) is 4.74 Å². The number of aryl methyl sites for hydroxylation is 1. The number of ether oxygens (including phenoxy) is 1. The van der Waals surface area contributed by atoms with Gasteiger partial charge < -0.3 is 19.9 Å². The van der Waals surface area contributed by atoms with E-state index in [2.05, 4.69) is 15.3 Å². The van der Waals surface area contributed by atoms with Gasteiger partial charge in [-0.3, -0.25) is 4.79 Å². The summed E-state index contributed by atoms with van der Waals surface area (Å²) < 4.78 is 7.10. The third-order valence-electron chi connectivity index (χ3n) is 4.59. The van der Waals surface area contributed by atoms with E-state index >= 15 is 0 Å². The third-order valence-corrected chi connectivity index (χ3v) is 4.59. The number of nitrogens with one attached hydrogen (secondary N) is 1. The lowest BCUT2D eigenvalue weighted by Crippen LogP contribution is -2.45. The summed E-state index contributed by atoms with van der Waals surface area (Å²) in [7, 11) is 1.64. The lowest BCUT2D eigenvalue weighted by molar-refractivity contribution is 0.0357. The van der Waals surface area contributed by atoms with Gasteiger partial charge in [-0.2, -0.15) is 5.10 Å². The van der Waals surface area contributed by atoms with Gasteiger partial charge in [0.2, 0.25) is 0 Å². The van der Waals surface area contributed by atoms with Crippen LogP contribution in [0.1, 0.15) is 19.3 Å². The number of carbonyl (C=O) groups excluding carboxylic acids is 1. The highest BCUT2D eigenvalue weighted by Gasteiger charge is 2.22. The molecule has 2 fully saturated rings. The van der Waals surface area contributed by atoms with Crippen LogP contribution in [0.15, 0.2) is 17.1 Å². The van der Waals surface area contributed by atoms with Crippen molar-refractivity contribution < 1.29 is 9.53 Å². The average Bonchev–Trinajstić information content (AvgIpc) is 3.12. The molecule has 2 saturated heterocycles. The van der Waals surface area contributed by atoms with E-state index < -0.39 is 0 Å². The monoisotopic (exact) mass is 335 g/mol. The minimum absolute atomic E-state index is 0.0240. The molecule has 2 amide bonds. The second-order valence-electron chi connectivity index (χ2n) is 6.33. The Balaban J connectivity index is 1.47. The van der Waals surface area contributed by atoms with Crippen LogP contribution < -0.4 is 15.8 Å². The molecule has 2 aliphatic rings. The molecular weight excluding hydrogens is 310 g/mol. The van der Waals surface area contributed by atoms with Crippen LogP contribution in [0.5, 0.6) is 0 Å². The van der Waals surface area contributed by atoms with Gasteiger partial charge in [-0.25, -0.2) is 9.48 Å². The van der Waals surface area contributed by atoms with Crippen LogP contribution in [-0.2, 0) is 11.8 Å². The molecule has 0 bridgehead atoms. The molecule has 1 atom stereocenters. The zero-order chi connectivity index (χ0) is 16.9. The fourth-order valence-corrected chi connectivity index (χ4v) is 3.13. The number of aromatic nitrogens is 2. The van der Waals surface area contributed by atoms with E-state index in [0.717, 1.165) is 44.6 Å². The highest BCUT2D eigenvalue weighted by atomic mass is 16.5. The van der Waals surface area contributed by atoms with Crippen molar-refractivity contribution in [2.45, 2.75) is 25.4 Å². The third kappa shape index (κ3) is 4.05. The van der Waals surface area contributed by atoms with Crippen LogP contribution in [0.4, 0.5) is 10.5 Å². The van der Waals surface area contributed by atoms with Crippen molar-refractivity contribution >= 4 is 11.7 Å². The van der Waals surface area contributed by atoms with Crippen molar-refractivity contribution in [3.05, 3.63) is 22.6 Å². The summed E-state index contributed by atoms with van der Waals surface area (Å²) >= 11 is 0. The topological polar surface area (TPSA) is 79.7 Å². The summed E-state index contributed by atoms with van der Waals surface area (Å²) in [6.07, 6.45) is 4.70. The average molecular weight is 335 g/mol. The molecule has 2 aliphatic heterocycles. The number of nitrogens with zero attached hydrogens (tertiary/aromatic N) is 4. The van der Waals surface area contributed by atoms with Crippen molar-refractivity contribution in [1.29, 1.82) is 0 Å². The van der Waals surface area contributed by atoms with Crippen LogP contribution in [-0.4, -0.2) is 66.1 Å². The molecule has 3 rings (SSSR count). The molecule has 0 radical (unpaired) electrons. The molecule has 1 aromatic heterocycles. The maximum atomic E-state index is 12.0. The summed E-state index contributed by atoms with van der Waals surface area (Å²) in [6.45, 7) is 4.37. The molecule has 1 unspecified atom stereocenters. The van der Waals surface area contributed by atoms with E-state index in [1.807, 2.05) is 4.90 Å². The van der Waals surface area contributed by atoms with Gasteiger partial charge in [-0.05, 0) is 19.3 Å². The Morgan fingerprint density at radius 3 is 2.92 bits per heavy atom. The molecule has 0 spiro atoms. The Morgan fingerprint density at radius 1 is 1.38 bits per heavy atom. The van der Waals surface area contributed by atoms with Gasteiger partial charge in [0.1, 0.15) is 0 Å². The largest absolute Gasteiger partial charge is 0.374 e. The number of hydrogen-bond acceptors (Lipinski definition) is 5. The molecule has 0 aromatic carbocycles. The van der Waals surface area contributed by atoms with Crippen LogP contribution in [0.3, 0.4) is 0 Å². The normalized spacial score (nSPS) is 21.1. The van der Waals surface area contributed by atoms with Gasteiger partial charge >= 0.3 is 6.03 Å². The fourth-order valence-electron chi connectivity index (χ4n) is 3.13. The van der Waals surface area contributed by atoms with Gasteiger partial charge in [0.15, 0.2) is 0 Å². The zero-order valence-electron chi connectivity index (χ0n) is 14.1. The van der Waals surface area contributed by atoms with E-state index in [9.17, 15) is 9.59 Å². The van der Waals surface area contributed by atoms with Crippen molar-refractivity contribution in [1.82, 2.24) is 20.0 Å². The van der Waals surface area contributed by atoms with Gasteiger partial charge in [-0.1, -0.05) is 0 Å². The number of anilines is 1. The molecule has 8 heteroatoms. The molecule has 1 N–H and O–H groups in total. The Morgan fingerprint density at radius 2 is 2.17 bits per heavy atom. The number of amides is 2. The highest BCUT2D eigenvalue weighted by Crippen LogP contribution is 2.16. The first-order valence-corrected chi connectivity index (χ1v) is 8.56. The molecule has 24 heavy (non-hydrogen) atoms. The van der Waals surface area contributed by atoms with Crippen molar-refractivity contribution in [3.8, 4) is 0 Å². The second-order valence-corrected chi connectivity index (χ2v) is 6.33. The molecule has 0 aliphatic carbocycles. The van der Waals surface area contributed by atoms with E-state index in [-0.39, 0.29) is 17.7 Å². The maximum Gasteiger partial charge on any atom is 0.317 e. The highest BCUT2D eigenvalue weighted by molar-refractivity contribution is 5.74. The van der Waals surface area contributed by atoms with Gasteiger partial charge in [0, 0.05) is 45.8 Å². The van der Waals surface area contributed by atoms with Gasteiger partial charge in [-0.15, -0.1) is 0 Å². The zero-order valence-corrected chi connectivity index (χ0v) is 14.1. The Labute approximate surface area is 141 Å². The van der Waals surface area contributed by atoms with Gasteiger partial charge in [0.25, 0.3) is 5.56 Å². The molecule has 3 heterocycles. The SMILES string of the molecule is Cn1ncc(N2CCOC(CCNC(=O)N3CCCC3)C2)cc1=O. The van der Waals surface area contributed by atoms with Crippen LogP contribution >= 0.6 is 0 Å². The lowest BCUT2D eigenvalue weighted by atomic mass is 10.2. The summed E-state index contributed by atoms with van der Waals surface area (Å²) in [5.41, 5.74) is 0.709. The predicted octanol–water partition coefficient (Wildman–Crippen LogP) is 0.181. The molecule has 1 aromatic rings. The summed E-state index contributed by atoms with van der Waals surface area (Å²) in [5, 5.41) is 7.03. The number of carbonyl (C=O) groups is 1. The summed E-state index contributed by atoms with van der Waals surface area (Å²) in [5.74, 6) is 0. The van der Waals surface area contributed by atoms with E-state index in [1.54, 1.807) is 19.3 Å². The minimum atomic E-state index is -0.117. The molecular formula is C16H25N5O3. The number of rotatable bonds is 4. The van der Waals surface area contributed by atoms with Gasteiger partial charge in [0.05, 0.1) is 24.6 Å². The van der Waals surface area contributed by atoms with Crippen molar-refractivity contribution in [2.75, 3.05) is 44.2 Å². The second kappa shape index (κ2) is 7.65.